The second kappa shape index (κ2) is 3.15. The van der Waals surface area contributed by atoms with Gasteiger partial charge in [-0.2, -0.15) is 0 Å². The molecular weight excluding hydrogens is 134 g/mol. The first kappa shape index (κ1) is 7.73. The fourth-order valence-corrected chi connectivity index (χ4v) is 1.02. The van der Waals surface area contributed by atoms with Crippen LogP contribution in [0, 0.1) is 6.92 Å². The summed E-state index contributed by atoms with van der Waals surface area (Å²) in [4.78, 5) is 4.14. The highest BCUT2D eigenvalue weighted by atomic mass is 14.7. The van der Waals surface area contributed by atoms with Crippen LogP contribution in [0.25, 0.3) is 12.2 Å². The molecule has 1 rings (SSSR count). The molecule has 0 fully saturated rings. The van der Waals surface area contributed by atoms with Gasteiger partial charge in [0.25, 0.3) is 0 Å². The lowest BCUT2D eigenvalue weighted by molar-refractivity contribution is 1.24. The third-order valence-electron chi connectivity index (χ3n) is 1.64. The zero-order valence-electron chi connectivity index (χ0n) is 6.67. The molecule has 1 heterocycles. The van der Waals surface area contributed by atoms with Crippen molar-refractivity contribution in [1.82, 2.24) is 4.98 Å². The van der Waals surface area contributed by atoms with E-state index >= 15 is 0 Å². The molecule has 0 N–H and O–H groups in total. The predicted octanol–water partition coefficient (Wildman–Crippen LogP) is 2.68. The van der Waals surface area contributed by atoms with Gasteiger partial charge in [0.1, 0.15) is 0 Å². The third-order valence-corrected chi connectivity index (χ3v) is 1.64. The summed E-state index contributed by atoms with van der Waals surface area (Å²) >= 11 is 0. The van der Waals surface area contributed by atoms with Gasteiger partial charge in [-0.05, 0) is 24.6 Å². The molecule has 1 aromatic rings. The lowest BCUT2D eigenvalue weighted by Crippen LogP contribution is -1.88. The van der Waals surface area contributed by atoms with Crippen LogP contribution in [0.2, 0.25) is 0 Å². The van der Waals surface area contributed by atoms with Crippen LogP contribution >= 0.6 is 0 Å². The van der Waals surface area contributed by atoms with Gasteiger partial charge in [-0.15, -0.1) is 0 Å². The van der Waals surface area contributed by atoms with E-state index in [1.54, 1.807) is 18.3 Å². The van der Waals surface area contributed by atoms with Crippen LogP contribution in [-0.4, -0.2) is 4.98 Å². The second-order valence-electron chi connectivity index (χ2n) is 2.34. The standard InChI is InChI=1S/C10H11N/c1-4-9-8(3)6-7-11-10(9)5-2/h4-7H,1-2H2,3H3. The first-order chi connectivity index (χ1) is 5.29. The normalized spacial score (nSPS) is 9.18. The highest BCUT2D eigenvalue weighted by molar-refractivity contribution is 5.62. The maximum Gasteiger partial charge on any atom is 0.0698 e. The molecule has 0 aromatic carbocycles. The molecule has 0 atom stereocenters. The first-order valence-electron chi connectivity index (χ1n) is 3.50. The maximum atomic E-state index is 4.14. The number of aryl methyl sites for hydroxylation is 1. The molecule has 1 nitrogen and oxygen atoms in total. The Balaban J connectivity index is 3.35. The first-order valence-corrected chi connectivity index (χ1v) is 3.50. The summed E-state index contributed by atoms with van der Waals surface area (Å²) in [5.41, 5.74) is 3.16. The van der Waals surface area contributed by atoms with Gasteiger partial charge in [-0.1, -0.05) is 19.2 Å². The van der Waals surface area contributed by atoms with Crippen LogP contribution in [0.3, 0.4) is 0 Å². The lowest BCUT2D eigenvalue weighted by atomic mass is 10.1. The van der Waals surface area contributed by atoms with E-state index in [4.69, 9.17) is 0 Å². The molecule has 0 aliphatic heterocycles. The average Bonchev–Trinajstić information content (AvgIpc) is 2.04. The molecule has 0 aliphatic carbocycles. The molecule has 11 heavy (non-hydrogen) atoms. The van der Waals surface area contributed by atoms with E-state index in [2.05, 4.69) is 18.1 Å². The second-order valence-corrected chi connectivity index (χ2v) is 2.34. The Morgan fingerprint density at radius 2 is 2.09 bits per heavy atom. The fraction of sp³-hybridized carbons (Fsp3) is 0.100. The van der Waals surface area contributed by atoms with E-state index in [9.17, 15) is 0 Å². The van der Waals surface area contributed by atoms with E-state index < -0.39 is 0 Å². The Labute approximate surface area is 67.1 Å². The Hall–Kier alpha value is -1.37. The predicted molar refractivity (Wildman–Crippen MR) is 49.2 cm³/mol. The largest absolute Gasteiger partial charge is 0.256 e. The summed E-state index contributed by atoms with van der Waals surface area (Å²) in [6.45, 7) is 9.42. The molecule has 0 radical (unpaired) electrons. The molecule has 0 aliphatic rings. The van der Waals surface area contributed by atoms with Gasteiger partial charge in [0.15, 0.2) is 0 Å². The maximum absolute atomic E-state index is 4.14. The van der Waals surface area contributed by atoms with Crippen LogP contribution in [0.4, 0.5) is 0 Å². The average molecular weight is 145 g/mol. The minimum Gasteiger partial charge on any atom is -0.256 e. The zero-order valence-corrected chi connectivity index (χ0v) is 6.67. The van der Waals surface area contributed by atoms with Crippen molar-refractivity contribution in [2.75, 3.05) is 0 Å². The van der Waals surface area contributed by atoms with Gasteiger partial charge < -0.3 is 0 Å². The van der Waals surface area contributed by atoms with Crippen molar-refractivity contribution in [3.05, 3.63) is 42.2 Å². The van der Waals surface area contributed by atoms with Crippen LogP contribution < -0.4 is 0 Å². The number of hydrogen-bond acceptors (Lipinski definition) is 1. The van der Waals surface area contributed by atoms with Gasteiger partial charge in [0.2, 0.25) is 0 Å². The minimum atomic E-state index is 0.903. The van der Waals surface area contributed by atoms with Crippen LogP contribution in [0.5, 0.6) is 0 Å². The van der Waals surface area contributed by atoms with Crippen molar-refractivity contribution in [3.63, 3.8) is 0 Å². The minimum absolute atomic E-state index is 0.903. The van der Waals surface area contributed by atoms with Gasteiger partial charge in [0.05, 0.1) is 5.69 Å². The van der Waals surface area contributed by atoms with Crippen molar-refractivity contribution < 1.29 is 0 Å². The number of aromatic nitrogens is 1. The highest BCUT2D eigenvalue weighted by Crippen LogP contribution is 2.13. The van der Waals surface area contributed by atoms with E-state index in [0.717, 1.165) is 11.3 Å². The molecule has 56 valence electrons. The van der Waals surface area contributed by atoms with Gasteiger partial charge in [-0.25, -0.2) is 0 Å². The van der Waals surface area contributed by atoms with E-state index in [-0.39, 0.29) is 0 Å². The summed E-state index contributed by atoms with van der Waals surface area (Å²) in [5, 5.41) is 0. The van der Waals surface area contributed by atoms with Crippen LogP contribution in [-0.2, 0) is 0 Å². The van der Waals surface area contributed by atoms with Crippen molar-refractivity contribution in [2.24, 2.45) is 0 Å². The van der Waals surface area contributed by atoms with Gasteiger partial charge >= 0.3 is 0 Å². The molecule has 0 saturated heterocycles. The molecule has 0 amide bonds. The topological polar surface area (TPSA) is 12.9 Å². The summed E-state index contributed by atoms with van der Waals surface area (Å²) in [5.74, 6) is 0. The van der Waals surface area contributed by atoms with Crippen molar-refractivity contribution >= 4 is 12.2 Å². The lowest BCUT2D eigenvalue weighted by Gasteiger charge is -2.01. The SMILES string of the molecule is C=Cc1nccc(C)c1C=C. The van der Waals surface area contributed by atoms with Gasteiger partial charge in [-0.3, -0.25) is 4.98 Å². The number of hydrogen-bond donors (Lipinski definition) is 0. The quantitative estimate of drug-likeness (QED) is 0.623. The molecule has 1 heteroatoms. The van der Waals surface area contributed by atoms with Crippen molar-refractivity contribution in [2.45, 2.75) is 6.92 Å². The Morgan fingerprint density at radius 1 is 1.36 bits per heavy atom. The molecule has 0 spiro atoms. The van der Waals surface area contributed by atoms with E-state index in [1.165, 1.54) is 5.56 Å². The molecule has 0 bridgehead atoms. The van der Waals surface area contributed by atoms with Crippen LogP contribution in [0.1, 0.15) is 16.8 Å². The third kappa shape index (κ3) is 1.37. The highest BCUT2D eigenvalue weighted by Gasteiger charge is 1.97. The molecule has 1 aromatic heterocycles. The Kier molecular flexibility index (Phi) is 2.21. The number of rotatable bonds is 2. The van der Waals surface area contributed by atoms with Crippen LogP contribution in [0.15, 0.2) is 25.4 Å². The summed E-state index contributed by atoms with van der Waals surface area (Å²) in [6.07, 6.45) is 5.32. The number of pyridine rings is 1. The molecule has 0 unspecified atom stereocenters. The van der Waals surface area contributed by atoms with Gasteiger partial charge in [0, 0.05) is 11.8 Å². The molecular formula is C10H11N. The summed E-state index contributed by atoms with van der Waals surface area (Å²) in [6, 6.07) is 1.96. The van der Waals surface area contributed by atoms with Crippen molar-refractivity contribution in [3.8, 4) is 0 Å². The Bertz CT molecular complexity index is 287. The number of nitrogens with zero attached hydrogens (tertiary/aromatic N) is 1. The van der Waals surface area contributed by atoms with E-state index in [0.29, 0.717) is 0 Å². The Morgan fingerprint density at radius 3 is 2.55 bits per heavy atom. The summed E-state index contributed by atoms with van der Waals surface area (Å²) in [7, 11) is 0. The molecule has 0 saturated carbocycles. The monoisotopic (exact) mass is 145 g/mol. The zero-order chi connectivity index (χ0) is 8.27. The summed E-state index contributed by atoms with van der Waals surface area (Å²) < 4.78 is 0. The smallest absolute Gasteiger partial charge is 0.0698 e. The van der Waals surface area contributed by atoms with Crippen molar-refractivity contribution in [1.29, 1.82) is 0 Å². The fourth-order valence-electron chi connectivity index (χ4n) is 1.02. The van der Waals surface area contributed by atoms with E-state index in [1.807, 2.05) is 13.0 Å².